The van der Waals surface area contributed by atoms with Crippen LogP contribution in [-0.2, 0) is 19.6 Å². The fraction of sp³-hybridized carbons (Fsp3) is 0.316. The summed E-state index contributed by atoms with van der Waals surface area (Å²) in [5, 5.41) is 0. The Bertz CT molecular complexity index is 816. The molecule has 0 radical (unpaired) electrons. The monoisotopic (exact) mass is 361 g/mol. The Labute approximate surface area is 149 Å². The molecule has 1 atom stereocenters. The minimum atomic E-state index is -3.89. The highest BCUT2D eigenvalue weighted by atomic mass is 32.2. The molecule has 0 aromatic heterocycles. The maximum Gasteiger partial charge on any atom is 0.323 e. The normalized spacial score (nSPS) is 12.8. The van der Waals surface area contributed by atoms with E-state index in [-0.39, 0.29) is 10.8 Å². The maximum absolute atomic E-state index is 12.9. The first-order valence-corrected chi connectivity index (χ1v) is 9.58. The predicted octanol–water partition coefficient (Wildman–Crippen LogP) is 3.22. The van der Waals surface area contributed by atoms with Crippen LogP contribution in [-0.4, -0.2) is 27.5 Å². The number of ether oxygens (including phenoxy) is 1. The lowest BCUT2D eigenvalue weighted by atomic mass is 10.1. The number of benzene rings is 2. The van der Waals surface area contributed by atoms with Crippen molar-refractivity contribution >= 4 is 16.0 Å². The van der Waals surface area contributed by atoms with Gasteiger partial charge in [-0.2, -0.15) is 4.72 Å². The lowest BCUT2D eigenvalue weighted by molar-refractivity contribution is -0.143. The van der Waals surface area contributed by atoms with Gasteiger partial charge in [-0.25, -0.2) is 8.42 Å². The minimum Gasteiger partial charge on any atom is -0.468 e. The molecule has 0 amide bonds. The molecule has 134 valence electrons. The summed E-state index contributed by atoms with van der Waals surface area (Å²) < 4.78 is 33.1. The molecule has 0 spiro atoms. The Balaban J connectivity index is 2.41. The van der Waals surface area contributed by atoms with Gasteiger partial charge >= 0.3 is 5.97 Å². The van der Waals surface area contributed by atoms with Crippen LogP contribution in [0.2, 0.25) is 0 Å². The van der Waals surface area contributed by atoms with Crippen molar-refractivity contribution in [1.29, 1.82) is 0 Å². The van der Waals surface area contributed by atoms with Gasteiger partial charge in [0.25, 0.3) is 0 Å². The predicted molar refractivity (Wildman–Crippen MR) is 97.5 cm³/mol. The van der Waals surface area contributed by atoms with Crippen LogP contribution in [0.25, 0.3) is 11.1 Å². The van der Waals surface area contributed by atoms with Crippen LogP contribution >= 0.6 is 0 Å². The number of rotatable bonds is 7. The summed E-state index contributed by atoms with van der Waals surface area (Å²) in [7, 11) is -2.64. The molecular weight excluding hydrogens is 338 g/mol. The van der Waals surface area contributed by atoms with Gasteiger partial charge in [0.05, 0.1) is 12.0 Å². The topological polar surface area (TPSA) is 72.5 Å². The van der Waals surface area contributed by atoms with E-state index >= 15 is 0 Å². The minimum absolute atomic E-state index is 0.135. The van der Waals surface area contributed by atoms with E-state index in [1.807, 2.05) is 44.2 Å². The van der Waals surface area contributed by atoms with Crippen LogP contribution in [0, 0.1) is 5.92 Å². The Morgan fingerprint density at radius 2 is 1.64 bits per heavy atom. The third kappa shape index (κ3) is 4.90. The summed E-state index contributed by atoms with van der Waals surface area (Å²) in [6, 6.07) is 15.1. The van der Waals surface area contributed by atoms with E-state index in [0.717, 1.165) is 5.56 Å². The lowest BCUT2D eigenvalue weighted by Gasteiger charge is -2.19. The summed E-state index contributed by atoms with van der Waals surface area (Å²) in [5.41, 5.74) is 1.38. The van der Waals surface area contributed by atoms with E-state index in [0.29, 0.717) is 12.0 Å². The van der Waals surface area contributed by atoms with Crippen LogP contribution in [0.5, 0.6) is 0 Å². The van der Waals surface area contributed by atoms with E-state index in [1.54, 1.807) is 18.2 Å². The average molecular weight is 361 g/mol. The summed E-state index contributed by atoms with van der Waals surface area (Å²) >= 11 is 0. The van der Waals surface area contributed by atoms with E-state index < -0.39 is 22.0 Å². The first-order chi connectivity index (χ1) is 11.8. The zero-order valence-corrected chi connectivity index (χ0v) is 15.4. The molecule has 0 aliphatic rings. The standard InChI is InChI=1S/C19H23NO4S/c1-14(2)13-17(19(21)24-3)20-25(22,23)18-12-8-7-11-16(18)15-9-5-4-6-10-15/h4-12,14,17,20H,13H2,1-3H3. The number of hydrogen-bond donors (Lipinski definition) is 1. The van der Waals surface area contributed by atoms with Crippen LogP contribution in [0.1, 0.15) is 20.3 Å². The van der Waals surface area contributed by atoms with Crippen molar-refractivity contribution in [1.82, 2.24) is 4.72 Å². The van der Waals surface area contributed by atoms with Crippen LogP contribution < -0.4 is 4.72 Å². The number of sulfonamides is 1. The van der Waals surface area contributed by atoms with Crippen LogP contribution in [0.4, 0.5) is 0 Å². The molecule has 0 bridgehead atoms. The van der Waals surface area contributed by atoms with Gasteiger partial charge in [0, 0.05) is 5.56 Å². The lowest BCUT2D eigenvalue weighted by Crippen LogP contribution is -2.42. The third-order valence-electron chi connectivity index (χ3n) is 3.75. The summed E-state index contributed by atoms with van der Waals surface area (Å²) in [6.45, 7) is 3.84. The first kappa shape index (κ1) is 19.1. The zero-order valence-electron chi connectivity index (χ0n) is 14.6. The highest BCUT2D eigenvalue weighted by molar-refractivity contribution is 7.89. The molecular formula is C19H23NO4S. The molecule has 5 nitrogen and oxygen atoms in total. The third-order valence-corrected chi connectivity index (χ3v) is 5.28. The van der Waals surface area contributed by atoms with E-state index in [4.69, 9.17) is 4.74 Å². The smallest absolute Gasteiger partial charge is 0.323 e. The number of hydrogen-bond acceptors (Lipinski definition) is 4. The largest absolute Gasteiger partial charge is 0.468 e. The highest BCUT2D eigenvalue weighted by Crippen LogP contribution is 2.27. The average Bonchev–Trinajstić information content (AvgIpc) is 2.60. The van der Waals surface area contributed by atoms with Gasteiger partial charge in [-0.15, -0.1) is 0 Å². The fourth-order valence-corrected chi connectivity index (χ4v) is 4.04. The van der Waals surface area contributed by atoms with Gasteiger partial charge in [0.15, 0.2) is 0 Å². The molecule has 0 aliphatic carbocycles. The van der Waals surface area contributed by atoms with Crippen LogP contribution in [0.3, 0.4) is 0 Å². The van der Waals surface area contributed by atoms with Crippen LogP contribution in [0.15, 0.2) is 59.5 Å². The Hall–Kier alpha value is -2.18. The van der Waals surface area contributed by atoms with Crippen molar-refractivity contribution in [2.24, 2.45) is 5.92 Å². The van der Waals surface area contributed by atoms with Gasteiger partial charge < -0.3 is 4.74 Å². The van der Waals surface area contributed by atoms with Crippen molar-refractivity contribution in [2.75, 3.05) is 7.11 Å². The number of carbonyl (C=O) groups excluding carboxylic acids is 1. The van der Waals surface area contributed by atoms with E-state index in [2.05, 4.69) is 4.72 Å². The number of carbonyl (C=O) groups is 1. The summed E-state index contributed by atoms with van der Waals surface area (Å²) in [4.78, 5) is 12.1. The Morgan fingerprint density at radius 1 is 1.04 bits per heavy atom. The zero-order chi connectivity index (χ0) is 18.4. The molecule has 0 saturated carbocycles. The number of methoxy groups -OCH3 is 1. The quantitative estimate of drug-likeness (QED) is 0.769. The van der Waals surface area contributed by atoms with Gasteiger partial charge in [-0.1, -0.05) is 62.4 Å². The molecule has 6 heteroatoms. The van der Waals surface area contributed by atoms with Crippen molar-refractivity contribution < 1.29 is 17.9 Å². The SMILES string of the molecule is COC(=O)C(CC(C)C)NS(=O)(=O)c1ccccc1-c1ccccc1. The van der Waals surface area contributed by atoms with Gasteiger partial charge in [-0.3, -0.25) is 4.79 Å². The fourth-order valence-electron chi connectivity index (χ4n) is 2.61. The molecule has 0 fully saturated rings. The second-order valence-corrected chi connectivity index (χ2v) is 7.87. The molecule has 0 saturated heterocycles. The number of nitrogens with one attached hydrogen (secondary N) is 1. The Kier molecular flexibility index (Phi) is 6.33. The summed E-state index contributed by atoms with van der Waals surface area (Å²) in [6.07, 6.45) is 0.361. The maximum atomic E-state index is 12.9. The molecule has 2 aromatic rings. The molecule has 0 heterocycles. The molecule has 25 heavy (non-hydrogen) atoms. The van der Waals surface area contributed by atoms with Crippen molar-refractivity contribution in [3.05, 3.63) is 54.6 Å². The molecule has 1 unspecified atom stereocenters. The molecule has 0 aliphatic heterocycles. The van der Waals surface area contributed by atoms with E-state index in [1.165, 1.54) is 13.2 Å². The van der Waals surface area contributed by atoms with Crippen molar-refractivity contribution in [2.45, 2.75) is 31.2 Å². The van der Waals surface area contributed by atoms with Gasteiger partial charge in [0.2, 0.25) is 10.0 Å². The second-order valence-electron chi connectivity index (χ2n) is 6.19. The molecule has 1 N–H and O–H groups in total. The summed E-state index contributed by atoms with van der Waals surface area (Å²) in [5.74, 6) is -0.453. The Morgan fingerprint density at radius 3 is 2.24 bits per heavy atom. The van der Waals surface area contributed by atoms with Gasteiger partial charge in [0.1, 0.15) is 6.04 Å². The van der Waals surface area contributed by atoms with E-state index in [9.17, 15) is 13.2 Å². The second kappa shape index (κ2) is 8.27. The van der Waals surface area contributed by atoms with Crippen molar-refractivity contribution in [3.8, 4) is 11.1 Å². The molecule has 2 aromatic carbocycles. The highest BCUT2D eigenvalue weighted by Gasteiger charge is 2.28. The van der Waals surface area contributed by atoms with Gasteiger partial charge in [-0.05, 0) is 24.0 Å². The number of esters is 1. The van der Waals surface area contributed by atoms with Crippen molar-refractivity contribution in [3.63, 3.8) is 0 Å². The first-order valence-electron chi connectivity index (χ1n) is 8.09. The molecule has 2 rings (SSSR count).